The fourth-order valence-corrected chi connectivity index (χ4v) is 4.40. The van der Waals surface area contributed by atoms with Gasteiger partial charge in [0.15, 0.2) is 4.80 Å². The van der Waals surface area contributed by atoms with Crippen molar-refractivity contribution in [2.24, 2.45) is 4.99 Å². The van der Waals surface area contributed by atoms with Crippen LogP contribution in [-0.2, 0) is 20.9 Å². The van der Waals surface area contributed by atoms with Crippen LogP contribution in [0, 0.1) is 10.1 Å². The highest BCUT2D eigenvalue weighted by molar-refractivity contribution is 8.00. The average Bonchev–Trinajstić information content (AvgIpc) is 3.04. The van der Waals surface area contributed by atoms with Crippen LogP contribution in [0.5, 0.6) is 0 Å². The molecule has 2 aromatic carbocycles. The number of carbonyl (C=O) groups excluding carboxylic acids is 2. The van der Waals surface area contributed by atoms with Gasteiger partial charge in [-0.05, 0) is 37.3 Å². The van der Waals surface area contributed by atoms with Crippen molar-refractivity contribution in [2.45, 2.75) is 18.4 Å². The van der Waals surface area contributed by atoms with Gasteiger partial charge in [0.2, 0.25) is 0 Å². The van der Waals surface area contributed by atoms with Gasteiger partial charge in [0, 0.05) is 22.1 Å². The predicted octanol–water partition coefficient (Wildman–Crippen LogP) is 4.05. The maximum Gasteiger partial charge on any atom is 0.326 e. The van der Waals surface area contributed by atoms with Gasteiger partial charge in [-0.1, -0.05) is 22.9 Å². The molecule has 0 saturated carbocycles. The number of rotatable bonds is 7. The summed E-state index contributed by atoms with van der Waals surface area (Å²) in [5, 5.41) is 11.7. The Morgan fingerprint density at radius 1 is 1.27 bits per heavy atom. The second-order valence-electron chi connectivity index (χ2n) is 5.93. The fourth-order valence-electron chi connectivity index (χ4n) is 2.56. The fraction of sp³-hybridized carbons (Fsp3) is 0.211. The topological polar surface area (TPSA) is 104 Å². The summed E-state index contributed by atoms with van der Waals surface area (Å²) in [6.45, 7) is 1.68. The molecule has 0 fully saturated rings. The van der Waals surface area contributed by atoms with Crippen LogP contribution in [0.4, 0.5) is 5.69 Å². The molecule has 0 N–H and O–H groups in total. The van der Waals surface area contributed by atoms with Crippen molar-refractivity contribution in [3.05, 3.63) is 62.4 Å². The molecule has 30 heavy (non-hydrogen) atoms. The van der Waals surface area contributed by atoms with Gasteiger partial charge in [0.1, 0.15) is 6.54 Å². The largest absolute Gasteiger partial charge is 0.465 e. The summed E-state index contributed by atoms with van der Waals surface area (Å²) in [7, 11) is 0. The Morgan fingerprint density at radius 3 is 2.67 bits per heavy atom. The van der Waals surface area contributed by atoms with Crippen LogP contribution in [0.3, 0.4) is 0 Å². The number of halogens is 1. The van der Waals surface area contributed by atoms with E-state index in [1.165, 1.54) is 39.8 Å². The molecular formula is C19H16ClN3O5S2. The second kappa shape index (κ2) is 9.88. The molecule has 3 aromatic rings. The van der Waals surface area contributed by atoms with Crippen LogP contribution in [0.2, 0.25) is 5.02 Å². The van der Waals surface area contributed by atoms with E-state index in [2.05, 4.69) is 4.99 Å². The van der Waals surface area contributed by atoms with E-state index in [9.17, 15) is 19.7 Å². The summed E-state index contributed by atoms with van der Waals surface area (Å²) in [4.78, 5) is 40.3. The number of nitro benzene ring substituents is 1. The highest BCUT2D eigenvalue weighted by atomic mass is 35.5. The molecule has 0 spiro atoms. The molecule has 156 valence electrons. The quantitative estimate of drug-likeness (QED) is 0.226. The van der Waals surface area contributed by atoms with E-state index in [1.54, 1.807) is 37.3 Å². The Bertz CT molecular complexity index is 1170. The highest BCUT2D eigenvalue weighted by Crippen LogP contribution is 2.24. The van der Waals surface area contributed by atoms with Crippen molar-refractivity contribution in [3.8, 4) is 0 Å². The first kappa shape index (κ1) is 22.0. The number of esters is 1. The summed E-state index contributed by atoms with van der Waals surface area (Å²) in [5.41, 5.74) is 0.327. The molecule has 0 aliphatic heterocycles. The highest BCUT2D eigenvalue weighted by Gasteiger charge is 2.15. The van der Waals surface area contributed by atoms with Crippen LogP contribution >= 0.6 is 34.7 Å². The van der Waals surface area contributed by atoms with Crippen molar-refractivity contribution in [1.29, 1.82) is 0 Å². The summed E-state index contributed by atoms with van der Waals surface area (Å²) in [6.07, 6.45) is 0. The summed E-state index contributed by atoms with van der Waals surface area (Å²) < 4.78 is 7.12. The third-order valence-electron chi connectivity index (χ3n) is 3.87. The van der Waals surface area contributed by atoms with Gasteiger partial charge in [-0.25, -0.2) is 0 Å². The Balaban J connectivity index is 1.93. The monoisotopic (exact) mass is 465 g/mol. The third-order valence-corrected chi connectivity index (χ3v) is 6.17. The number of nitro groups is 1. The van der Waals surface area contributed by atoms with Gasteiger partial charge in [0.05, 0.1) is 27.5 Å². The molecule has 1 aromatic heterocycles. The normalized spacial score (nSPS) is 11.6. The van der Waals surface area contributed by atoms with Crippen molar-refractivity contribution in [1.82, 2.24) is 4.57 Å². The van der Waals surface area contributed by atoms with Crippen LogP contribution in [0.1, 0.15) is 6.92 Å². The maximum atomic E-state index is 12.4. The molecule has 3 rings (SSSR count). The molecule has 11 heteroatoms. The van der Waals surface area contributed by atoms with E-state index in [0.717, 1.165) is 4.90 Å². The first-order chi connectivity index (χ1) is 14.4. The molecule has 0 unspecified atom stereocenters. The number of aromatic nitrogens is 1. The molecular weight excluding hydrogens is 450 g/mol. The van der Waals surface area contributed by atoms with Crippen molar-refractivity contribution >= 4 is 62.5 Å². The van der Waals surface area contributed by atoms with Crippen LogP contribution in [0.15, 0.2) is 52.4 Å². The lowest BCUT2D eigenvalue weighted by Gasteiger charge is -2.05. The number of nitrogens with zero attached hydrogens (tertiary/aromatic N) is 3. The Morgan fingerprint density at radius 2 is 2.00 bits per heavy atom. The Labute approximate surface area is 184 Å². The molecule has 1 amide bonds. The number of hydrogen-bond donors (Lipinski definition) is 0. The number of ether oxygens (including phenoxy) is 1. The van der Waals surface area contributed by atoms with Gasteiger partial charge in [-0.2, -0.15) is 4.99 Å². The average molecular weight is 466 g/mol. The zero-order valence-corrected chi connectivity index (χ0v) is 18.1. The molecule has 0 aliphatic rings. The zero-order valence-electron chi connectivity index (χ0n) is 15.7. The molecule has 1 heterocycles. The second-order valence-corrected chi connectivity index (χ2v) is 8.43. The van der Waals surface area contributed by atoms with Gasteiger partial charge >= 0.3 is 5.97 Å². The molecule has 0 saturated heterocycles. The molecule has 0 aliphatic carbocycles. The van der Waals surface area contributed by atoms with Crippen molar-refractivity contribution in [2.75, 3.05) is 12.4 Å². The number of non-ortho nitro benzene ring substituents is 1. The number of benzene rings is 2. The number of carbonyl (C=O) groups is 2. The lowest BCUT2D eigenvalue weighted by molar-refractivity contribution is -0.384. The zero-order chi connectivity index (χ0) is 21.7. The summed E-state index contributed by atoms with van der Waals surface area (Å²) in [5.74, 6) is -0.822. The van der Waals surface area contributed by atoms with Gasteiger partial charge in [-0.15, -0.1) is 11.8 Å². The first-order valence-corrected chi connectivity index (χ1v) is 10.9. The van der Waals surface area contributed by atoms with E-state index in [4.69, 9.17) is 16.3 Å². The van der Waals surface area contributed by atoms with Crippen molar-refractivity contribution in [3.63, 3.8) is 0 Å². The minimum atomic E-state index is -0.520. The molecule has 0 atom stereocenters. The Kier molecular flexibility index (Phi) is 7.24. The van der Waals surface area contributed by atoms with Crippen molar-refractivity contribution < 1.29 is 19.2 Å². The Hall–Kier alpha value is -2.69. The van der Waals surface area contributed by atoms with Crippen LogP contribution < -0.4 is 4.80 Å². The summed E-state index contributed by atoms with van der Waals surface area (Å²) >= 11 is 8.34. The minimum absolute atomic E-state index is 0.0927. The predicted molar refractivity (Wildman–Crippen MR) is 116 cm³/mol. The van der Waals surface area contributed by atoms with Crippen LogP contribution in [0.25, 0.3) is 10.2 Å². The number of thioether (sulfide) groups is 1. The SMILES string of the molecule is CCOC(=O)Cn1c(=NC(=O)CSc2ccc(Cl)cc2)sc2ccc([N+](=O)[O-])cc21. The molecule has 0 bridgehead atoms. The van der Waals surface area contributed by atoms with Gasteiger partial charge in [0.25, 0.3) is 11.6 Å². The van der Waals surface area contributed by atoms with E-state index in [-0.39, 0.29) is 29.4 Å². The van der Waals surface area contributed by atoms with E-state index in [1.807, 2.05) is 0 Å². The number of hydrogen-bond acceptors (Lipinski definition) is 7. The van der Waals surface area contributed by atoms with E-state index in [0.29, 0.717) is 15.2 Å². The molecule has 0 radical (unpaired) electrons. The lowest BCUT2D eigenvalue weighted by Crippen LogP contribution is -2.23. The van der Waals surface area contributed by atoms with E-state index < -0.39 is 16.8 Å². The standard InChI is InChI=1S/C19H16ClN3O5S2/c1-2-28-18(25)10-22-15-9-13(23(26)27)5-8-16(15)30-19(22)21-17(24)11-29-14-6-3-12(20)4-7-14/h3-9H,2,10-11H2,1H3. The first-order valence-electron chi connectivity index (χ1n) is 8.76. The summed E-state index contributed by atoms with van der Waals surface area (Å²) in [6, 6.07) is 11.4. The van der Waals surface area contributed by atoms with Crippen LogP contribution in [-0.4, -0.2) is 33.7 Å². The molecule has 8 nitrogen and oxygen atoms in total. The van der Waals surface area contributed by atoms with Gasteiger partial charge < -0.3 is 9.30 Å². The lowest BCUT2D eigenvalue weighted by atomic mass is 10.3. The van der Waals surface area contributed by atoms with Gasteiger partial charge in [-0.3, -0.25) is 19.7 Å². The number of thiazole rings is 1. The maximum absolute atomic E-state index is 12.4. The van der Waals surface area contributed by atoms with E-state index >= 15 is 0 Å². The number of amides is 1. The smallest absolute Gasteiger partial charge is 0.326 e. The third kappa shape index (κ3) is 5.47. The minimum Gasteiger partial charge on any atom is -0.465 e. The number of fused-ring (bicyclic) bond motifs is 1.